The Labute approximate surface area is 226 Å². The van der Waals surface area contributed by atoms with Gasteiger partial charge in [-0.3, -0.25) is 9.59 Å². The molecule has 39 heavy (non-hydrogen) atoms. The van der Waals surface area contributed by atoms with Crippen LogP contribution >= 0.6 is 0 Å². The number of benzene rings is 2. The monoisotopic (exact) mass is 556 g/mol. The van der Waals surface area contributed by atoms with Crippen LogP contribution in [0.2, 0.25) is 0 Å². The van der Waals surface area contributed by atoms with Gasteiger partial charge in [-0.05, 0) is 30.5 Å². The number of urea groups is 1. The Balaban J connectivity index is 1.30. The zero-order valence-corrected chi connectivity index (χ0v) is 22.3. The number of amides is 3. The molecule has 0 aliphatic carbocycles. The number of nitrogens with one attached hydrogen (secondary N) is 2. The molecule has 208 valence electrons. The fraction of sp³-hybridized carbons (Fsp3) is 0.407. The lowest BCUT2D eigenvalue weighted by Gasteiger charge is -2.27. The Hall–Kier alpha value is -3.77. The summed E-state index contributed by atoms with van der Waals surface area (Å²) in [7, 11) is -3.95. The number of morpholine rings is 1. The van der Waals surface area contributed by atoms with Gasteiger partial charge in [0.2, 0.25) is 11.7 Å². The lowest BCUT2D eigenvalue weighted by Crippen LogP contribution is -2.52. The molecule has 0 saturated carbocycles. The van der Waals surface area contributed by atoms with Crippen LogP contribution in [0.3, 0.4) is 0 Å². The first-order valence-electron chi connectivity index (χ1n) is 12.9. The van der Waals surface area contributed by atoms with E-state index in [9.17, 15) is 22.8 Å². The fourth-order valence-electron chi connectivity index (χ4n) is 4.18. The van der Waals surface area contributed by atoms with Crippen LogP contribution in [0.4, 0.5) is 4.79 Å². The molecule has 12 heteroatoms. The molecule has 0 spiro atoms. The van der Waals surface area contributed by atoms with Crippen molar-refractivity contribution in [2.24, 2.45) is 0 Å². The minimum absolute atomic E-state index is 0.0447. The van der Waals surface area contributed by atoms with Crippen molar-refractivity contribution in [3.05, 3.63) is 66.1 Å². The first-order valence-corrected chi connectivity index (χ1v) is 14.6. The van der Waals surface area contributed by atoms with E-state index in [-0.39, 0.29) is 36.9 Å². The van der Waals surface area contributed by atoms with Crippen LogP contribution in [-0.2, 0) is 25.1 Å². The number of fused-ring (bicyclic) bond motifs is 1. The second-order valence-electron chi connectivity index (χ2n) is 9.22. The maximum atomic E-state index is 13.2. The lowest BCUT2D eigenvalue weighted by molar-refractivity contribution is -0.120. The summed E-state index contributed by atoms with van der Waals surface area (Å²) in [6, 6.07) is 15.2. The molecule has 1 atom stereocenters. The quantitative estimate of drug-likeness (QED) is 0.255. The maximum Gasteiger partial charge on any atom is 0.317 e. The molecular weight excluding hydrogens is 524 g/mol. The maximum absolute atomic E-state index is 13.2. The van der Waals surface area contributed by atoms with Gasteiger partial charge in [0.1, 0.15) is 5.52 Å². The summed E-state index contributed by atoms with van der Waals surface area (Å²) in [5.41, 5.74) is 1.70. The largest absolute Gasteiger partial charge is 0.434 e. The van der Waals surface area contributed by atoms with E-state index in [1.54, 1.807) is 48.5 Å². The molecule has 1 fully saturated rings. The van der Waals surface area contributed by atoms with E-state index in [1.807, 2.05) is 6.07 Å². The van der Waals surface area contributed by atoms with Crippen molar-refractivity contribution >= 4 is 38.7 Å². The average Bonchev–Trinajstić information content (AvgIpc) is 3.38. The standard InChI is InChI=1S/C27H32N4O7S/c32-22(26-30-21-10-4-5-12-23(21)38-26)11-6-7-13-28-25(33)24(18-29-27(34)31-14-16-37-17-15-31)39(35,36)19-20-8-2-1-3-9-20/h1-5,8-10,12,24H,6-7,11,13-19H2,(H,28,33)(H,29,34). The molecule has 2 N–H and O–H groups in total. The van der Waals surface area contributed by atoms with Gasteiger partial charge in [0, 0.05) is 32.6 Å². The average molecular weight is 557 g/mol. The third kappa shape index (κ3) is 7.87. The summed E-state index contributed by atoms with van der Waals surface area (Å²) >= 11 is 0. The minimum atomic E-state index is -3.95. The first-order chi connectivity index (χ1) is 18.8. The SMILES string of the molecule is O=C(CCCCNC(=O)C(CNC(=O)N1CCOCC1)S(=O)(=O)Cc1ccccc1)c1nc2ccccc2o1. The van der Waals surface area contributed by atoms with Gasteiger partial charge in [0.05, 0.1) is 19.0 Å². The molecule has 4 rings (SSSR count). The van der Waals surface area contributed by atoms with E-state index >= 15 is 0 Å². The van der Waals surface area contributed by atoms with E-state index in [4.69, 9.17) is 9.15 Å². The van der Waals surface area contributed by atoms with E-state index < -0.39 is 27.0 Å². The number of nitrogens with zero attached hydrogens (tertiary/aromatic N) is 2. The van der Waals surface area contributed by atoms with Crippen molar-refractivity contribution in [1.29, 1.82) is 0 Å². The second kappa shape index (κ2) is 13.3. The van der Waals surface area contributed by atoms with Crippen molar-refractivity contribution in [3.63, 3.8) is 0 Å². The highest BCUT2D eigenvalue weighted by atomic mass is 32.2. The summed E-state index contributed by atoms with van der Waals surface area (Å²) < 4.78 is 37.2. The van der Waals surface area contributed by atoms with E-state index in [0.29, 0.717) is 55.8 Å². The number of carbonyl (C=O) groups is 3. The van der Waals surface area contributed by atoms with Gasteiger partial charge in [-0.1, -0.05) is 42.5 Å². The Morgan fingerprint density at radius 3 is 2.41 bits per heavy atom. The van der Waals surface area contributed by atoms with Gasteiger partial charge in [-0.2, -0.15) is 0 Å². The summed E-state index contributed by atoms with van der Waals surface area (Å²) in [6.45, 7) is 1.41. The van der Waals surface area contributed by atoms with E-state index in [2.05, 4.69) is 15.6 Å². The molecule has 2 aromatic carbocycles. The summed E-state index contributed by atoms with van der Waals surface area (Å²) in [6.07, 6.45) is 1.07. The minimum Gasteiger partial charge on any atom is -0.434 e. The predicted octanol–water partition coefficient (Wildman–Crippen LogP) is 2.32. The van der Waals surface area contributed by atoms with Crippen LogP contribution in [0.25, 0.3) is 11.1 Å². The summed E-state index contributed by atoms with van der Waals surface area (Å²) in [5, 5.41) is 3.79. The molecule has 1 aliphatic heterocycles. The topological polar surface area (TPSA) is 148 Å². The van der Waals surface area contributed by atoms with Crippen LogP contribution in [0, 0.1) is 0 Å². The van der Waals surface area contributed by atoms with Crippen molar-refractivity contribution < 1.29 is 32.0 Å². The fourth-order valence-corrected chi connectivity index (χ4v) is 5.79. The lowest BCUT2D eigenvalue weighted by atomic mass is 10.2. The molecule has 0 radical (unpaired) electrons. The number of ketones is 1. The van der Waals surface area contributed by atoms with Crippen LogP contribution in [0.5, 0.6) is 0 Å². The highest BCUT2D eigenvalue weighted by Crippen LogP contribution is 2.17. The van der Waals surface area contributed by atoms with Gasteiger partial charge in [0.25, 0.3) is 5.89 Å². The highest BCUT2D eigenvalue weighted by molar-refractivity contribution is 7.92. The molecule has 3 amide bonds. The van der Waals surface area contributed by atoms with Gasteiger partial charge in [0.15, 0.2) is 20.7 Å². The molecule has 1 aliphatic rings. The number of aromatic nitrogens is 1. The third-order valence-corrected chi connectivity index (χ3v) is 8.32. The van der Waals surface area contributed by atoms with Gasteiger partial charge in [-0.25, -0.2) is 18.2 Å². The van der Waals surface area contributed by atoms with E-state index in [1.165, 1.54) is 4.90 Å². The van der Waals surface area contributed by atoms with Crippen molar-refractivity contribution in [2.45, 2.75) is 30.3 Å². The number of unbranched alkanes of at least 4 members (excludes halogenated alkanes) is 1. The summed E-state index contributed by atoms with van der Waals surface area (Å²) in [5.74, 6) is -1.23. The van der Waals surface area contributed by atoms with Gasteiger partial charge < -0.3 is 24.7 Å². The third-order valence-electron chi connectivity index (χ3n) is 6.34. The predicted molar refractivity (Wildman–Crippen MR) is 144 cm³/mol. The molecule has 11 nitrogen and oxygen atoms in total. The number of sulfone groups is 1. The summed E-state index contributed by atoms with van der Waals surface area (Å²) in [4.78, 5) is 43.7. The van der Waals surface area contributed by atoms with E-state index in [0.717, 1.165) is 0 Å². The number of hydrogen-bond donors (Lipinski definition) is 2. The Morgan fingerprint density at radius 1 is 0.949 bits per heavy atom. The molecular formula is C27H32N4O7S. The zero-order valence-electron chi connectivity index (χ0n) is 21.5. The van der Waals surface area contributed by atoms with Gasteiger partial charge >= 0.3 is 6.03 Å². The number of carbonyl (C=O) groups excluding carboxylic acids is 3. The van der Waals surface area contributed by atoms with Crippen molar-refractivity contribution in [2.75, 3.05) is 39.4 Å². The van der Waals surface area contributed by atoms with Crippen molar-refractivity contribution in [1.82, 2.24) is 20.5 Å². The van der Waals surface area contributed by atoms with Crippen LogP contribution in [-0.4, -0.2) is 80.7 Å². The Bertz CT molecular complexity index is 1350. The molecule has 1 unspecified atom stereocenters. The number of Topliss-reactive ketones (excluding diaryl/α,β-unsaturated/α-hetero) is 1. The highest BCUT2D eigenvalue weighted by Gasteiger charge is 2.33. The normalized spacial score (nSPS) is 14.6. The van der Waals surface area contributed by atoms with Gasteiger partial charge in [-0.15, -0.1) is 0 Å². The number of hydrogen-bond acceptors (Lipinski definition) is 8. The second-order valence-corrected chi connectivity index (χ2v) is 11.4. The molecule has 3 aromatic rings. The van der Waals surface area contributed by atoms with Crippen LogP contribution in [0.1, 0.15) is 35.5 Å². The Kier molecular flexibility index (Phi) is 9.66. The Morgan fingerprint density at radius 2 is 1.67 bits per heavy atom. The van der Waals surface area contributed by atoms with Crippen molar-refractivity contribution in [3.8, 4) is 0 Å². The number of rotatable bonds is 12. The first kappa shape index (κ1) is 28.2. The molecule has 1 saturated heterocycles. The molecule has 1 aromatic heterocycles. The number of ether oxygens (including phenoxy) is 1. The van der Waals surface area contributed by atoms with Crippen LogP contribution in [0.15, 0.2) is 59.0 Å². The van der Waals surface area contributed by atoms with Crippen LogP contribution < -0.4 is 10.6 Å². The number of para-hydroxylation sites is 2. The number of oxazole rings is 1. The zero-order chi connectivity index (χ0) is 27.7. The smallest absolute Gasteiger partial charge is 0.317 e. The molecule has 2 heterocycles. The molecule has 0 bridgehead atoms.